The summed E-state index contributed by atoms with van der Waals surface area (Å²) < 4.78 is 5.18. The summed E-state index contributed by atoms with van der Waals surface area (Å²) in [6, 6.07) is -0.00648. The van der Waals surface area contributed by atoms with Gasteiger partial charge in [-0.2, -0.15) is 0 Å². The van der Waals surface area contributed by atoms with Crippen molar-refractivity contribution < 1.29 is 14.4 Å². The first-order valence-electron chi connectivity index (χ1n) is 5.15. The predicted molar refractivity (Wildman–Crippen MR) is 49.7 cm³/mol. The first kappa shape index (κ1) is 9.73. The highest BCUT2D eigenvalue weighted by Gasteiger charge is 2.24. The third kappa shape index (κ3) is 2.16. The molecule has 0 aliphatic carbocycles. The van der Waals surface area contributed by atoms with Crippen LogP contribution in [-0.4, -0.2) is 55.4 Å². The van der Waals surface area contributed by atoms with Crippen molar-refractivity contribution in [2.24, 2.45) is 0 Å². The maximum Gasteiger partial charge on any atom is 0.344 e. The molecule has 5 nitrogen and oxygen atoms in total. The van der Waals surface area contributed by atoms with E-state index in [-0.39, 0.29) is 6.03 Å². The lowest BCUT2D eigenvalue weighted by molar-refractivity contribution is -0.149. The molecule has 14 heavy (non-hydrogen) atoms. The Morgan fingerprint density at radius 3 is 2.43 bits per heavy atom. The van der Waals surface area contributed by atoms with E-state index in [1.807, 2.05) is 0 Å². The molecular formula is C9H16N2O3. The van der Waals surface area contributed by atoms with Gasteiger partial charge >= 0.3 is 6.03 Å². The van der Waals surface area contributed by atoms with Crippen LogP contribution in [0.25, 0.3) is 0 Å². The van der Waals surface area contributed by atoms with Crippen molar-refractivity contribution in [3.05, 3.63) is 0 Å². The zero-order chi connectivity index (χ0) is 9.80. The molecule has 0 N–H and O–H groups in total. The average molecular weight is 200 g/mol. The third-order valence-corrected chi connectivity index (χ3v) is 2.50. The van der Waals surface area contributed by atoms with Gasteiger partial charge in [-0.25, -0.2) is 9.86 Å². The SMILES string of the molecule is O=C(N1CCOCC1)N1CCCCO1. The van der Waals surface area contributed by atoms with E-state index in [4.69, 9.17) is 9.57 Å². The Kier molecular flexibility index (Phi) is 3.21. The molecule has 2 saturated heterocycles. The molecular weight excluding hydrogens is 184 g/mol. The first-order valence-corrected chi connectivity index (χ1v) is 5.15. The highest BCUT2D eigenvalue weighted by molar-refractivity contribution is 5.73. The van der Waals surface area contributed by atoms with Gasteiger partial charge in [0.1, 0.15) is 0 Å². The highest BCUT2D eigenvalue weighted by atomic mass is 16.7. The molecule has 2 rings (SSSR count). The van der Waals surface area contributed by atoms with E-state index in [1.165, 1.54) is 5.06 Å². The summed E-state index contributed by atoms with van der Waals surface area (Å²) in [5.74, 6) is 0. The van der Waals surface area contributed by atoms with Crippen LogP contribution in [0.3, 0.4) is 0 Å². The van der Waals surface area contributed by atoms with E-state index < -0.39 is 0 Å². The van der Waals surface area contributed by atoms with Crippen LogP contribution in [0.15, 0.2) is 0 Å². The van der Waals surface area contributed by atoms with Gasteiger partial charge in [0.05, 0.1) is 26.4 Å². The van der Waals surface area contributed by atoms with Crippen LogP contribution in [-0.2, 0) is 9.57 Å². The van der Waals surface area contributed by atoms with Crippen molar-refractivity contribution in [2.75, 3.05) is 39.5 Å². The number of ether oxygens (including phenoxy) is 1. The fraction of sp³-hybridized carbons (Fsp3) is 0.889. The van der Waals surface area contributed by atoms with Crippen molar-refractivity contribution in [3.8, 4) is 0 Å². The number of morpholine rings is 1. The summed E-state index contributed by atoms with van der Waals surface area (Å²) in [4.78, 5) is 18.9. The largest absolute Gasteiger partial charge is 0.378 e. The third-order valence-electron chi connectivity index (χ3n) is 2.50. The molecule has 0 bridgehead atoms. The molecule has 80 valence electrons. The van der Waals surface area contributed by atoms with Gasteiger partial charge in [-0.05, 0) is 12.8 Å². The number of nitrogens with zero attached hydrogens (tertiary/aromatic N) is 2. The molecule has 2 heterocycles. The average Bonchev–Trinajstić information content (AvgIpc) is 2.30. The van der Waals surface area contributed by atoms with Crippen LogP contribution in [0.4, 0.5) is 4.79 Å². The Balaban J connectivity index is 1.85. The Morgan fingerprint density at radius 2 is 1.79 bits per heavy atom. The molecule has 0 aromatic heterocycles. The number of carbonyl (C=O) groups is 1. The topological polar surface area (TPSA) is 42.0 Å². The molecule has 0 aromatic rings. The Morgan fingerprint density at radius 1 is 1.00 bits per heavy atom. The number of hydrogen-bond acceptors (Lipinski definition) is 3. The van der Waals surface area contributed by atoms with E-state index in [9.17, 15) is 4.79 Å². The number of rotatable bonds is 0. The fourth-order valence-corrected chi connectivity index (χ4v) is 1.66. The second-order valence-electron chi connectivity index (χ2n) is 3.52. The number of amides is 2. The van der Waals surface area contributed by atoms with Crippen LogP contribution in [0.5, 0.6) is 0 Å². The summed E-state index contributed by atoms with van der Waals surface area (Å²) in [6.45, 7) is 4.02. The molecule has 2 aliphatic heterocycles. The van der Waals surface area contributed by atoms with Crippen molar-refractivity contribution >= 4 is 6.03 Å². The molecule has 0 spiro atoms. The van der Waals surface area contributed by atoms with Gasteiger partial charge in [0, 0.05) is 13.1 Å². The molecule has 2 aliphatic rings. The zero-order valence-corrected chi connectivity index (χ0v) is 8.28. The monoisotopic (exact) mass is 200 g/mol. The van der Waals surface area contributed by atoms with Gasteiger partial charge in [0.25, 0.3) is 0 Å². The standard InChI is InChI=1S/C9H16N2O3/c12-9(10-4-7-13-8-5-10)11-3-1-2-6-14-11/h1-8H2. The van der Waals surface area contributed by atoms with E-state index in [0.717, 1.165) is 19.4 Å². The summed E-state index contributed by atoms with van der Waals surface area (Å²) in [5, 5.41) is 1.48. The quantitative estimate of drug-likeness (QED) is 0.570. The minimum atomic E-state index is -0.00648. The normalized spacial score (nSPS) is 23.7. The minimum Gasteiger partial charge on any atom is -0.378 e. The molecule has 2 amide bonds. The van der Waals surface area contributed by atoms with Gasteiger partial charge < -0.3 is 9.64 Å². The predicted octanol–water partition coefficient (Wildman–Crippen LogP) is 0.466. The highest BCUT2D eigenvalue weighted by Crippen LogP contribution is 2.10. The summed E-state index contributed by atoms with van der Waals surface area (Å²) in [5.41, 5.74) is 0. The van der Waals surface area contributed by atoms with Crippen molar-refractivity contribution in [1.82, 2.24) is 9.96 Å². The van der Waals surface area contributed by atoms with Crippen molar-refractivity contribution in [2.45, 2.75) is 12.8 Å². The van der Waals surface area contributed by atoms with Gasteiger partial charge in [-0.1, -0.05) is 0 Å². The van der Waals surface area contributed by atoms with E-state index >= 15 is 0 Å². The fourth-order valence-electron chi connectivity index (χ4n) is 1.66. The van der Waals surface area contributed by atoms with E-state index in [0.29, 0.717) is 32.9 Å². The summed E-state index contributed by atoms with van der Waals surface area (Å²) in [7, 11) is 0. The minimum absolute atomic E-state index is 0.00648. The lowest BCUT2D eigenvalue weighted by atomic mass is 10.3. The van der Waals surface area contributed by atoms with Crippen molar-refractivity contribution in [1.29, 1.82) is 0 Å². The Bertz CT molecular complexity index is 178. The number of hydrogen-bond donors (Lipinski definition) is 0. The van der Waals surface area contributed by atoms with Gasteiger partial charge in [0.2, 0.25) is 0 Å². The smallest absolute Gasteiger partial charge is 0.344 e. The van der Waals surface area contributed by atoms with Crippen LogP contribution >= 0.6 is 0 Å². The molecule has 5 heteroatoms. The molecule has 0 unspecified atom stereocenters. The summed E-state index contributed by atoms with van der Waals surface area (Å²) >= 11 is 0. The van der Waals surface area contributed by atoms with E-state index in [2.05, 4.69) is 0 Å². The lowest BCUT2D eigenvalue weighted by Gasteiger charge is -2.33. The Labute approximate surface area is 83.5 Å². The molecule has 0 atom stereocenters. The second-order valence-corrected chi connectivity index (χ2v) is 3.52. The number of urea groups is 1. The van der Waals surface area contributed by atoms with Gasteiger partial charge in [0.15, 0.2) is 0 Å². The van der Waals surface area contributed by atoms with Crippen molar-refractivity contribution in [3.63, 3.8) is 0 Å². The lowest BCUT2D eigenvalue weighted by Crippen LogP contribution is -2.49. The van der Waals surface area contributed by atoms with Crippen LogP contribution < -0.4 is 0 Å². The summed E-state index contributed by atoms with van der Waals surface area (Å²) in [6.07, 6.45) is 2.09. The molecule has 0 saturated carbocycles. The van der Waals surface area contributed by atoms with Gasteiger partial charge in [-0.3, -0.25) is 4.84 Å². The second kappa shape index (κ2) is 4.61. The first-order chi connectivity index (χ1) is 6.88. The maximum atomic E-state index is 11.8. The molecule has 2 fully saturated rings. The van der Waals surface area contributed by atoms with Crippen LogP contribution in [0, 0.1) is 0 Å². The number of carbonyl (C=O) groups excluding carboxylic acids is 1. The maximum absolute atomic E-state index is 11.8. The zero-order valence-electron chi connectivity index (χ0n) is 8.28. The molecule has 0 aromatic carbocycles. The van der Waals surface area contributed by atoms with E-state index in [1.54, 1.807) is 4.90 Å². The van der Waals surface area contributed by atoms with Gasteiger partial charge in [-0.15, -0.1) is 0 Å². The Hall–Kier alpha value is -0.810. The van der Waals surface area contributed by atoms with Crippen LogP contribution in [0.2, 0.25) is 0 Å². The number of hydroxylamine groups is 2. The van der Waals surface area contributed by atoms with Crippen LogP contribution in [0.1, 0.15) is 12.8 Å². The molecule has 0 radical (unpaired) electrons.